The maximum Gasteiger partial charge on any atom is 0.251 e. The number of amides is 2. The van der Waals surface area contributed by atoms with E-state index in [0.717, 1.165) is 31.5 Å². The number of rotatable bonds is 7. The fourth-order valence-electron chi connectivity index (χ4n) is 3.81. The Balaban J connectivity index is 1.45. The Morgan fingerprint density at radius 3 is 2.43 bits per heavy atom. The van der Waals surface area contributed by atoms with Crippen LogP contribution in [0.15, 0.2) is 42.5 Å². The van der Waals surface area contributed by atoms with Gasteiger partial charge in [0.1, 0.15) is 0 Å². The van der Waals surface area contributed by atoms with E-state index in [-0.39, 0.29) is 11.8 Å². The van der Waals surface area contributed by atoms with Crippen molar-refractivity contribution in [3.8, 4) is 11.5 Å². The first kappa shape index (κ1) is 21.7. The molecule has 6 heteroatoms. The summed E-state index contributed by atoms with van der Waals surface area (Å²) in [6.45, 7) is 4.12. The van der Waals surface area contributed by atoms with Crippen LogP contribution in [0.4, 0.5) is 0 Å². The van der Waals surface area contributed by atoms with E-state index in [1.54, 1.807) is 32.4 Å². The molecular formula is C24H30N2O4. The molecule has 1 aliphatic heterocycles. The zero-order valence-corrected chi connectivity index (χ0v) is 17.9. The van der Waals surface area contributed by atoms with Crippen molar-refractivity contribution in [3.63, 3.8) is 0 Å². The van der Waals surface area contributed by atoms with Crippen LogP contribution >= 0.6 is 0 Å². The first-order valence-electron chi connectivity index (χ1n) is 10.3. The van der Waals surface area contributed by atoms with Crippen molar-refractivity contribution in [2.24, 2.45) is 5.92 Å². The van der Waals surface area contributed by atoms with E-state index in [4.69, 9.17) is 9.47 Å². The second-order valence-corrected chi connectivity index (χ2v) is 7.77. The molecule has 160 valence electrons. The van der Waals surface area contributed by atoms with Gasteiger partial charge in [0.2, 0.25) is 5.91 Å². The lowest BCUT2D eigenvalue weighted by molar-refractivity contribution is -0.131. The van der Waals surface area contributed by atoms with Gasteiger partial charge >= 0.3 is 0 Å². The van der Waals surface area contributed by atoms with Gasteiger partial charge in [-0.1, -0.05) is 29.8 Å². The average Bonchev–Trinajstić information content (AvgIpc) is 2.77. The molecular weight excluding hydrogens is 380 g/mol. The Hall–Kier alpha value is -3.02. The highest BCUT2D eigenvalue weighted by molar-refractivity contribution is 5.94. The van der Waals surface area contributed by atoms with E-state index in [1.165, 1.54) is 5.56 Å². The van der Waals surface area contributed by atoms with Gasteiger partial charge in [-0.25, -0.2) is 0 Å². The van der Waals surface area contributed by atoms with Crippen molar-refractivity contribution in [1.82, 2.24) is 10.2 Å². The third kappa shape index (κ3) is 5.53. The number of piperidine rings is 1. The number of ether oxygens (including phenoxy) is 2. The van der Waals surface area contributed by atoms with Crippen molar-refractivity contribution in [1.29, 1.82) is 0 Å². The standard InChI is InChI=1S/C24H30N2O4/c1-17-5-4-6-19(13-17)14-23(27)26-11-9-18(10-12-26)16-25-24(28)20-7-8-21(29-2)22(15-20)30-3/h4-8,13,15,18H,9-12,14,16H2,1-3H3,(H,25,28). The molecule has 2 amide bonds. The lowest BCUT2D eigenvalue weighted by atomic mass is 9.96. The summed E-state index contributed by atoms with van der Waals surface area (Å²) in [4.78, 5) is 27.0. The van der Waals surface area contributed by atoms with Crippen molar-refractivity contribution < 1.29 is 19.1 Å². The van der Waals surface area contributed by atoms with Gasteiger partial charge < -0.3 is 19.7 Å². The van der Waals surface area contributed by atoms with Gasteiger partial charge in [-0.15, -0.1) is 0 Å². The van der Waals surface area contributed by atoms with E-state index in [9.17, 15) is 9.59 Å². The lowest BCUT2D eigenvalue weighted by Gasteiger charge is -2.32. The van der Waals surface area contributed by atoms with Crippen LogP contribution in [0.1, 0.15) is 34.3 Å². The van der Waals surface area contributed by atoms with Gasteiger partial charge in [-0.2, -0.15) is 0 Å². The summed E-state index contributed by atoms with van der Waals surface area (Å²) >= 11 is 0. The summed E-state index contributed by atoms with van der Waals surface area (Å²) in [5.74, 6) is 1.54. The summed E-state index contributed by atoms with van der Waals surface area (Å²) in [5.41, 5.74) is 2.77. The fraction of sp³-hybridized carbons (Fsp3) is 0.417. The predicted octanol–water partition coefficient (Wildman–Crippen LogP) is 3.22. The maximum absolute atomic E-state index is 12.6. The Morgan fingerprint density at radius 1 is 1.03 bits per heavy atom. The number of hydrogen-bond acceptors (Lipinski definition) is 4. The third-order valence-electron chi connectivity index (χ3n) is 5.60. The van der Waals surface area contributed by atoms with Crippen molar-refractivity contribution >= 4 is 11.8 Å². The minimum atomic E-state index is -0.131. The van der Waals surface area contributed by atoms with Crippen molar-refractivity contribution in [2.45, 2.75) is 26.2 Å². The van der Waals surface area contributed by atoms with Gasteiger partial charge in [-0.3, -0.25) is 9.59 Å². The molecule has 1 N–H and O–H groups in total. The molecule has 2 aromatic carbocycles. The summed E-state index contributed by atoms with van der Waals surface area (Å²) in [6, 6.07) is 13.2. The molecule has 6 nitrogen and oxygen atoms in total. The first-order valence-corrected chi connectivity index (χ1v) is 10.3. The number of carbonyl (C=O) groups is 2. The third-order valence-corrected chi connectivity index (χ3v) is 5.60. The number of aryl methyl sites for hydroxylation is 1. The van der Waals surface area contributed by atoms with Gasteiger partial charge in [0.15, 0.2) is 11.5 Å². The van der Waals surface area contributed by atoms with Crippen molar-refractivity contribution in [3.05, 3.63) is 59.2 Å². The molecule has 3 rings (SSSR count). The normalized spacial score (nSPS) is 14.3. The Bertz CT molecular complexity index is 889. The number of nitrogens with zero attached hydrogens (tertiary/aromatic N) is 1. The number of likely N-dealkylation sites (tertiary alicyclic amines) is 1. The molecule has 0 bridgehead atoms. The van der Waals surface area contributed by atoms with Crippen LogP contribution in [0.5, 0.6) is 11.5 Å². The Labute approximate surface area is 178 Å². The summed E-state index contributed by atoms with van der Waals surface area (Å²) in [5, 5.41) is 3.01. The molecule has 1 aliphatic rings. The van der Waals surface area contributed by atoms with Gasteiger partial charge in [-0.05, 0) is 49.4 Å². The largest absolute Gasteiger partial charge is 0.493 e. The van der Waals surface area contributed by atoms with Gasteiger partial charge in [0.05, 0.1) is 20.6 Å². The zero-order valence-electron chi connectivity index (χ0n) is 17.9. The van der Waals surface area contributed by atoms with Crippen LogP contribution in [0, 0.1) is 12.8 Å². The van der Waals surface area contributed by atoms with Crippen LogP contribution in [0.25, 0.3) is 0 Å². The number of carbonyl (C=O) groups excluding carboxylic acids is 2. The van der Waals surface area contributed by atoms with E-state index in [0.29, 0.717) is 35.9 Å². The second kappa shape index (κ2) is 10.1. The van der Waals surface area contributed by atoms with E-state index in [1.807, 2.05) is 30.0 Å². The fourth-order valence-corrected chi connectivity index (χ4v) is 3.81. The minimum Gasteiger partial charge on any atom is -0.493 e. The molecule has 30 heavy (non-hydrogen) atoms. The van der Waals surface area contributed by atoms with Gasteiger partial charge in [0, 0.05) is 25.2 Å². The topological polar surface area (TPSA) is 67.9 Å². The van der Waals surface area contributed by atoms with Crippen molar-refractivity contribution in [2.75, 3.05) is 33.9 Å². The number of benzene rings is 2. The summed E-state index contributed by atoms with van der Waals surface area (Å²) in [7, 11) is 3.11. The monoisotopic (exact) mass is 410 g/mol. The maximum atomic E-state index is 12.6. The molecule has 0 aromatic heterocycles. The summed E-state index contributed by atoms with van der Waals surface area (Å²) < 4.78 is 10.5. The lowest BCUT2D eigenvalue weighted by Crippen LogP contribution is -2.42. The SMILES string of the molecule is COc1ccc(C(=O)NCC2CCN(C(=O)Cc3cccc(C)c3)CC2)cc1OC. The molecule has 0 radical (unpaired) electrons. The highest BCUT2D eigenvalue weighted by Gasteiger charge is 2.23. The molecule has 0 atom stereocenters. The first-order chi connectivity index (χ1) is 14.5. The van der Waals surface area contributed by atoms with E-state index >= 15 is 0 Å². The highest BCUT2D eigenvalue weighted by Crippen LogP contribution is 2.27. The molecule has 2 aromatic rings. The van der Waals surface area contributed by atoms with E-state index < -0.39 is 0 Å². The molecule has 0 saturated carbocycles. The van der Waals surface area contributed by atoms with Crippen LogP contribution in [-0.4, -0.2) is 50.6 Å². The van der Waals surface area contributed by atoms with Crippen LogP contribution in [0.2, 0.25) is 0 Å². The minimum absolute atomic E-state index is 0.131. The molecule has 0 spiro atoms. The number of hydrogen-bond donors (Lipinski definition) is 1. The van der Waals surface area contributed by atoms with Crippen LogP contribution in [-0.2, 0) is 11.2 Å². The van der Waals surface area contributed by atoms with Crippen LogP contribution < -0.4 is 14.8 Å². The second-order valence-electron chi connectivity index (χ2n) is 7.77. The Kier molecular flexibility index (Phi) is 7.33. The highest BCUT2D eigenvalue weighted by atomic mass is 16.5. The Morgan fingerprint density at radius 2 is 1.77 bits per heavy atom. The zero-order chi connectivity index (χ0) is 21.5. The smallest absolute Gasteiger partial charge is 0.251 e. The molecule has 0 unspecified atom stereocenters. The van der Waals surface area contributed by atoms with Crippen LogP contribution in [0.3, 0.4) is 0 Å². The quantitative estimate of drug-likeness (QED) is 0.761. The number of methoxy groups -OCH3 is 2. The van der Waals surface area contributed by atoms with Gasteiger partial charge in [0.25, 0.3) is 5.91 Å². The number of nitrogens with one attached hydrogen (secondary N) is 1. The summed E-state index contributed by atoms with van der Waals surface area (Å²) in [6.07, 6.45) is 2.24. The molecule has 0 aliphatic carbocycles. The average molecular weight is 411 g/mol. The molecule has 1 heterocycles. The predicted molar refractivity (Wildman–Crippen MR) is 116 cm³/mol. The molecule has 1 saturated heterocycles. The molecule has 1 fully saturated rings. The van der Waals surface area contributed by atoms with E-state index in [2.05, 4.69) is 11.4 Å².